The molecule has 1 aliphatic rings. The molecule has 1 atom stereocenters. The van der Waals surface area contributed by atoms with Gasteiger partial charge >= 0.3 is 0 Å². The van der Waals surface area contributed by atoms with Crippen molar-refractivity contribution in [1.82, 2.24) is 5.32 Å². The third-order valence-electron chi connectivity index (χ3n) is 3.45. The van der Waals surface area contributed by atoms with Gasteiger partial charge in [0.25, 0.3) is 5.91 Å². The number of hydrogen-bond donors (Lipinski definition) is 2. The zero-order chi connectivity index (χ0) is 15.2. The van der Waals surface area contributed by atoms with E-state index in [0.717, 1.165) is 12.3 Å². The lowest BCUT2D eigenvalue weighted by Gasteiger charge is -2.13. The number of carbonyl (C=O) groups excluding carboxylic acids is 1. The molecule has 0 radical (unpaired) electrons. The minimum atomic E-state index is -0.511. The molecule has 2 N–H and O–H groups in total. The van der Waals surface area contributed by atoms with E-state index in [9.17, 15) is 9.18 Å². The average Bonchev–Trinajstić information content (AvgIpc) is 3.24. The van der Waals surface area contributed by atoms with Crippen LogP contribution >= 0.6 is 0 Å². The van der Waals surface area contributed by atoms with Crippen molar-refractivity contribution in [3.05, 3.63) is 35.1 Å². The number of rotatable bonds is 5. The van der Waals surface area contributed by atoms with Crippen LogP contribution in [-0.4, -0.2) is 23.7 Å². The van der Waals surface area contributed by atoms with Crippen molar-refractivity contribution in [2.45, 2.75) is 38.6 Å². The SMILES string of the molecule is CC(CC1CC1)NC(=O)c1ccc(C#CCCO)c(F)c1. The molecular formula is C17H20FNO2. The van der Waals surface area contributed by atoms with Gasteiger partial charge in [-0.2, -0.15) is 0 Å². The van der Waals surface area contributed by atoms with Crippen molar-refractivity contribution in [2.75, 3.05) is 6.61 Å². The van der Waals surface area contributed by atoms with E-state index in [0.29, 0.717) is 12.0 Å². The van der Waals surface area contributed by atoms with Gasteiger partial charge in [-0.1, -0.05) is 24.7 Å². The number of nitrogens with one attached hydrogen (secondary N) is 1. The number of benzene rings is 1. The van der Waals surface area contributed by atoms with Gasteiger partial charge in [0, 0.05) is 18.0 Å². The molecule has 1 fully saturated rings. The molecule has 0 bridgehead atoms. The second-order valence-corrected chi connectivity index (χ2v) is 5.52. The Hall–Kier alpha value is -1.86. The van der Waals surface area contributed by atoms with Crippen molar-refractivity contribution in [3.8, 4) is 11.8 Å². The fourth-order valence-electron chi connectivity index (χ4n) is 2.19. The van der Waals surface area contributed by atoms with Gasteiger partial charge in [0.05, 0.1) is 12.2 Å². The summed E-state index contributed by atoms with van der Waals surface area (Å²) >= 11 is 0. The van der Waals surface area contributed by atoms with Crippen LogP contribution in [0.25, 0.3) is 0 Å². The van der Waals surface area contributed by atoms with E-state index < -0.39 is 5.82 Å². The van der Waals surface area contributed by atoms with Crippen LogP contribution < -0.4 is 5.32 Å². The summed E-state index contributed by atoms with van der Waals surface area (Å²) in [5.41, 5.74) is 0.550. The highest BCUT2D eigenvalue weighted by Crippen LogP contribution is 2.33. The molecule has 2 rings (SSSR count). The summed E-state index contributed by atoms with van der Waals surface area (Å²) in [7, 11) is 0. The molecule has 0 heterocycles. The second-order valence-electron chi connectivity index (χ2n) is 5.52. The lowest BCUT2D eigenvalue weighted by Crippen LogP contribution is -2.32. The van der Waals surface area contributed by atoms with Gasteiger partial charge in [0.1, 0.15) is 5.82 Å². The Morgan fingerprint density at radius 1 is 1.52 bits per heavy atom. The van der Waals surface area contributed by atoms with Gasteiger partial charge in [-0.05, 0) is 37.5 Å². The predicted octanol–water partition coefficient (Wildman–Crippen LogP) is 2.48. The molecule has 1 amide bonds. The van der Waals surface area contributed by atoms with E-state index in [1.54, 1.807) is 6.07 Å². The zero-order valence-electron chi connectivity index (χ0n) is 12.2. The van der Waals surface area contributed by atoms with E-state index in [1.165, 1.54) is 25.0 Å². The van der Waals surface area contributed by atoms with Crippen LogP contribution in [0.15, 0.2) is 18.2 Å². The first-order chi connectivity index (χ1) is 10.1. The number of aliphatic hydroxyl groups excluding tert-OH is 1. The Morgan fingerprint density at radius 2 is 2.29 bits per heavy atom. The first-order valence-corrected chi connectivity index (χ1v) is 7.30. The number of hydrogen-bond acceptors (Lipinski definition) is 2. The lowest BCUT2D eigenvalue weighted by atomic mass is 10.1. The van der Waals surface area contributed by atoms with Gasteiger partial charge in [-0.25, -0.2) is 4.39 Å². The third-order valence-corrected chi connectivity index (χ3v) is 3.45. The summed E-state index contributed by atoms with van der Waals surface area (Å²) in [6.45, 7) is 1.93. The lowest BCUT2D eigenvalue weighted by molar-refractivity contribution is 0.0937. The van der Waals surface area contributed by atoms with Crippen molar-refractivity contribution < 1.29 is 14.3 Å². The number of aliphatic hydroxyl groups is 1. The first kappa shape index (κ1) is 15.5. The molecule has 21 heavy (non-hydrogen) atoms. The maximum absolute atomic E-state index is 13.9. The van der Waals surface area contributed by atoms with E-state index in [2.05, 4.69) is 17.2 Å². The highest BCUT2D eigenvalue weighted by atomic mass is 19.1. The van der Waals surface area contributed by atoms with Crippen molar-refractivity contribution >= 4 is 5.91 Å². The highest BCUT2D eigenvalue weighted by molar-refractivity contribution is 5.94. The molecule has 0 saturated heterocycles. The average molecular weight is 289 g/mol. The molecule has 0 spiro atoms. The molecule has 3 nitrogen and oxygen atoms in total. The molecular weight excluding hydrogens is 269 g/mol. The van der Waals surface area contributed by atoms with Crippen molar-refractivity contribution in [3.63, 3.8) is 0 Å². The largest absolute Gasteiger partial charge is 0.395 e. The van der Waals surface area contributed by atoms with Crippen molar-refractivity contribution in [1.29, 1.82) is 0 Å². The van der Waals surface area contributed by atoms with Crippen LogP contribution in [0, 0.1) is 23.6 Å². The topological polar surface area (TPSA) is 49.3 Å². The van der Waals surface area contributed by atoms with Gasteiger partial charge in [-0.3, -0.25) is 4.79 Å². The highest BCUT2D eigenvalue weighted by Gasteiger charge is 2.24. The van der Waals surface area contributed by atoms with Crippen LogP contribution in [0.5, 0.6) is 0 Å². The quantitative estimate of drug-likeness (QED) is 0.818. The third kappa shape index (κ3) is 4.87. The van der Waals surface area contributed by atoms with Crippen LogP contribution in [0.1, 0.15) is 48.5 Å². The molecule has 1 aromatic rings. The summed E-state index contributed by atoms with van der Waals surface area (Å²) in [6, 6.07) is 4.39. The number of amides is 1. The maximum Gasteiger partial charge on any atom is 0.251 e. The second kappa shape index (κ2) is 7.24. The minimum Gasteiger partial charge on any atom is -0.395 e. The molecule has 112 valence electrons. The molecule has 0 aromatic heterocycles. The van der Waals surface area contributed by atoms with Crippen LogP contribution in [0.4, 0.5) is 4.39 Å². The van der Waals surface area contributed by atoms with Gasteiger partial charge in [-0.15, -0.1) is 0 Å². The summed E-state index contributed by atoms with van der Waals surface area (Å²) in [5.74, 6) is 5.27. The smallest absolute Gasteiger partial charge is 0.251 e. The summed E-state index contributed by atoms with van der Waals surface area (Å²) in [6.07, 6.45) is 3.78. The van der Waals surface area contributed by atoms with Crippen LogP contribution in [-0.2, 0) is 0 Å². The monoisotopic (exact) mass is 289 g/mol. The first-order valence-electron chi connectivity index (χ1n) is 7.30. The Balaban J connectivity index is 1.98. The molecule has 0 aliphatic heterocycles. The fraction of sp³-hybridized carbons (Fsp3) is 0.471. The zero-order valence-corrected chi connectivity index (χ0v) is 12.2. The maximum atomic E-state index is 13.9. The van der Waals surface area contributed by atoms with Crippen molar-refractivity contribution in [2.24, 2.45) is 5.92 Å². The van der Waals surface area contributed by atoms with Gasteiger partial charge in [0.15, 0.2) is 0 Å². The van der Waals surface area contributed by atoms with Crippen LogP contribution in [0.3, 0.4) is 0 Å². The summed E-state index contributed by atoms with van der Waals surface area (Å²) in [5, 5.41) is 11.5. The Bertz CT molecular complexity index is 570. The normalized spacial score (nSPS) is 15.0. The fourth-order valence-corrected chi connectivity index (χ4v) is 2.19. The Morgan fingerprint density at radius 3 is 2.90 bits per heavy atom. The molecule has 1 aliphatic carbocycles. The van der Waals surface area contributed by atoms with Gasteiger partial charge < -0.3 is 10.4 Å². The Labute approximate surface area is 124 Å². The summed E-state index contributed by atoms with van der Waals surface area (Å²) < 4.78 is 13.9. The molecule has 1 aromatic carbocycles. The predicted molar refractivity (Wildman–Crippen MR) is 79.3 cm³/mol. The number of carbonyl (C=O) groups is 1. The molecule has 1 saturated carbocycles. The molecule has 1 unspecified atom stereocenters. The van der Waals surface area contributed by atoms with Gasteiger partial charge in [0.2, 0.25) is 0 Å². The standard InChI is InChI=1S/C17H20FNO2/c1-12(10-13-5-6-13)19-17(21)15-8-7-14(16(18)11-15)4-2-3-9-20/h7-8,11-13,20H,3,5-6,9-10H2,1H3,(H,19,21). The van der Waals surface area contributed by atoms with E-state index in [1.807, 2.05) is 6.92 Å². The minimum absolute atomic E-state index is 0.0476. The van der Waals surface area contributed by atoms with Crippen LogP contribution in [0.2, 0.25) is 0 Å². The molecule has 4 heteroatoms. The Kier molecular flexibility index (Phi) is 5.35. The van der Waals surface area contributed by atoms with E-state index in [4.69, 9.17) is 5.11 Å². The van der Waals surface area contributed by atoms with E-state index >= 15 is 0 Å². The number of halogens is 1. The summed E-state index contributed by atoms with van der Waals surface area (Å²) in [4.78, 5) is 12.0. The van der Waals surface area contributed by atoms with E-state index in [-0.39, 0.29) is 24.1 Å².